The minimum absolute atomic E-state index is 0.0881. The summed E-state index contributed by atoms with van der Waals surface area (Å²) in [5.41, 5.74) is 12.4. The van der Waals surface area contributed by atoms with Gasteiger partial charge in [0.1, 0.15) is 18.1 Å². The molecular formula is C39H53N9O7S. The number of aliphatic imine (C=N–C) groups is 1. The van der Waals surface area contributed by atoms with Crippen LogP contribution in [0.2, 0.25) is 0 Å². The van der Waals surface area contributed by atoms with Crippen molar-refractivity contribution in [2.24, 2.45) is 22.4 Å². The van der Waals surface area contributed by atoms with E-state index in [1.54, 1.807) is 24.3 Å². The lowest BCUT2D eigenvalue weighted by molar-refractivity contribution is -0.135. The fraction of sp³-hybridized carbons (Fsp3) is 0.436. The maximum Gasteiger partial charge on any atom is 0.243 e. The van der Waals surface area contributed by atoms with Crippen LogP contribution in [0.4, 0.5) is 0 Å². The molecule has 0 aliphatic heterocycles. The average molecular weight is 792 g/mol. The Morgan fingerprint density at radius 1 is 0.839 bits per heavy atom. The number of carbonyl (C=O) groups is 6. The van der Waals surface area contributed by atoms with Gasteiger partial charge in [-0.2, -0.15) is 0 Å². The van der Waals surface area contributed by atoms with Gasteiger partial charge in [0.2, 0.25) is 35.3 Å². The zero-order valence-corrected chi connectivity index (χ0v) is 33.0. The van der Waals surface area contributed by atoms with E-state index in [1.165, 1.54) is 25.4 Å². The number of fused-ring (bicyclic) bond motifs is 1. The number of Topliss-reactive ketones (excluding diaryl/α,β-unsaturated/α-hetero) is 1. The van der Waals surface area contributed by atoms with Crippen molar-refractivity contribution < 1.29 is 33.5 Å². The van der Waals surface area contributed by atoms with E-state index in [1.807, 2.05) is 56.3 Å². The SMILES string of the molecule is COC/C=C\CNC(=O)C[C@H](NC(=O)[C@H](CC(C)C)NC(=O)[C@H](Cc1ccccc1)NC(C)=O)C(=O)N[C@@H](CCCN=C(N)N)C(=O)c1nc2ccccc2s1. The molecule has 1 heterocycles. The number of amides is 5. The fourth-order valence-corrected chi connectivity index (χ4v) is 6.57. The Morgan fingerprint density at radius 2 is 1.48 bits per heavy atom. The number of rotatable bonds is 23. The molecule has 5 amide bonds. The summed E-state index contributed by atoms with van der Waals surface area (Å²) >= 11 is 1.18. The summed E-state index contributed by atoms with van der Waals surface area (Å²) in [4.78, 5) is 89.2. The molecule has 56 heavy (non-hydrogen) atoms. The minimum atomic E-state index is -1.46. The molecule has 9 N–H and O–H groups in total. The molecule has 0 aliphatic carbocycles. The van der Waals surface area contributed by atoms with Gasteiger partial charge >= 0.3 is 0 Å². The quantitative estimate of drug-likeness (QED) is 0.0240. The predicted octanol–water partition coefficient (Wildman–Crippen LogP) is 1.49. The highest BCUT2D eigenvalue weighted by Crippen LogP contribution is 2.23. The molecule has 3 aromatic rings. The standard InChI is InChI=1S/C39H53N9O7S/c1-24(2)21-29(46-36(53)30(44-25(3)49)22-26-13-6-5-7-14-26)35(52)47-31(23-33(50)42-18-10-11-20-55-4)37(54)45-28(16-12-19-43-39(40)41)34(51)38-48-27-15-8-9-17-32(27)56-38/h5-11,13-15,17,24,28-31H,12,16,18-23H2,1-4H3,(H,42,50)(H,44,49)(H,45,54)(H,46,53)(H,47,52)(H4,40,41,43)/b11-10-/t28-,29-,30-,31-/m0/s1. The number of hydrogen-bond donors (Lipinski definition) is 7. The van der Waals surface area contributed by atoms with Crippen LogP contribution in [0.5, 0.6) is 0 Å². The molecule has 1 aromatic heterocycles. The number of thiazole rings is 1. The maximum atomic E-state index is 14.1. The monoisotopic (exact) mass is 791 g/mol. The summed E-state index contributed by atoms with van der Waals surface area (Å²) in [7, 11) is 1.53. The number of benzene rings is 2. The zero-order chi connectivity index (χ0) is 41.0. The van der Waals surface area contributed by atoms with Crippen molar-refractivity contribution in [2.75, 3.05) is 26.8 Å². The number of ketones is 1. The van der Waals surface area contributed by atoms with Gasteiger partial charge < -0.3 is 42.8 Å². The molecule has 0 spiro atoms. The molecule has 0 fully saturated rings. The van der Waals surface area contributed by atoms with Crippen molar-refractivity contribution in [3.05, 3.63) is 77.3 Å². The Hall–Kier alpha value is -5.68. The molecule has 0 bridgehead atoms. The highest BCUT2D eigenvalue weighted by Gasteiger charge is 2.33. The third kappa shape index (κ3) is 15.6. The molecule has 0 unspecified atom stereocenters. The third-order valence-corrected chi connectivity index (χ3v) is 9.32. The van der Waals surface area contributed by atoms with Crippen LogP contribution in [-0.2, 0) is 35.1 Å². The smallest absolute Gasteiger partial charge is 0.243 e. The first-order valence-corrected chi connectivity index (χ1v) is 19.2. The summed E-state index contributed by atoms with van der Waals surface area (Å²) in [5, 5.41) is 13.6. The van der Waals surface area contributed by atoms with Crippen LogP contribution < -0.4 is 38.1 Å². The van der Waals surface area contributed by atoms with Crippen molar-refractivity contribution in [3.8, 4) is 0 Å². The molecule has 0 saturated carbocycles. The zero-order valence-electron chi connectivity index (χ0n) is 32.2. The summed E-state index contributed by atoms with van der Waals surface area (Å²) < 4.78 is 5.76. The van der Waals surface area contributed by atoms with Gasteiger partial charge in [0.05, 0.1) is 29.3 Å². The van der Waals surface area contributed by atoms with Crippen molar-refractivity contribution in [1.82, 2.24) is 31.6 Å². The summed E-state index contributed by atoms with van der Waals surface area (Å²) in [6.07, 6.45) is 3.66. The molecule has 16 nitrogen and oxygen atoms in total. The Morgan fingerprint density at radius 3 is 2.14 bits per heavy atom. The van der Waals surface area contributed by atoms with Gasteiger partial charge in [0.15, 0.2) is 11.0 Å². The van der Waals surface area contributed by atoms with Crippen LogP contribution in [0.1, 0.15) is 61.8 Å². The average Bonchev–Trinajstić information content (AvgIpc) is 3.59. The number of hydrogen-bond acceptors (Lipinski definition) is 10. The summed E-state index contributed by atoms with van der Waals surface area (Å²) in [5.74, 6) is -3.81. The highest BCUT2D eigenvalue weighted by atomic mass is 32.1. The second kappa shape index (κ2) is 23.3. The van der Waals surface area contributed by atoms with Gasteiger partial charge in [-0.15, -0.1) is 11.3 Å². The first-order valence-electron chi connectivity index (χ1n) is 18.3. The number of guanidine groups is 1. The second-order valence-corrected chi connectivity index (χ2v) is 14.5. The lowest BCUT2D eigenvalue weighted by atomic mass is 10.00. The van der Waals surface area contributed by atoms with Crippen LogP contribution in [0.15, 0.2) is 71.7 Å². The van der Waals surface area contributed by atoms with Crippen molar-refractivity contribution in [2.45, 2.75) is 77.0 Å². The predicted molar refractivity (Wildman–Crippen MR) is 216 cm³/mol. The van der Waals surface area contributed by atoms with Crippen molar-refractivity contribution in [3.63, 3.8) is 0 Å². The van der Waals surface area contributed by atoms with Gasteiger partial charge in [0.25, 0.3) is 0 Å². The summed E-state index contributed by atoms with van der Waals surface area (Å²) in [6.45, 7) is 5.66. The first kappa shape index (κ1) is 44.7. The number of nitrogens with zero attached hydrogens (tertiary/aromatic N) is 2. The fourth-order valence-electron chi connectivity index (χ4n) is 5.61. The number of nitrogens with two attached hydrogens (primary N) is 2. The Labute approximate surface area is 330 Å². The van der Waals surface area contributed by atoms with E-state index >= 15 is 0 Å². The Bertz CT molecular complexity index is 1810. The molecule has 17 heteroatoms. The molecule has 2 aromatic carbocycles. The van der Waals surface area contributed by atoms with Crippen molar-refractivity contribution in [1.29, 1.82) is 0 Å². The van der Waals surface area contributed by atoms with Gasteiger partial charge in [-0.1, -0.05) is 68.5 Å². The second-order valence-electron chi connectivity index (χ2n) is 13.5. The lowest BCUT2D eigenvalue weighted by Crippen LogP contribution is -2.58. The number of aromatic nitrogens is 1. The number of ether oxygens (including phenoxy) is 1. The van der Waals surface area contributed by atoms with E-state index < -0.39 is 65.9 Å². The van der Waals surface area contributed by atoms with Gasteiger partial charge in [-0.05, 0) is 42.9 Å². The molecule has 4 atom stereocenters. The highest BCUT2D eigenvalue weighted by molar-refractivity contribution is 7.20. The number of nitrogens with one attached hydrogen (secondary N) is 5. The molecular weight excluding hydrogens is 739 g/mol. The van der Waals surface area contributed by atoms with Gasteiger partial charge in [-0.25, -0.2) is 4.98 Å². The largest absolute Gasteiger partial charge is 0.381 e. The van der Waals surface area contributed by atoms with Gasteiger partial charge in [-0.3, -0.25) is 33.8 Å². The minimum Gasteiger partial charge on any atom is -0.381 e. The molecule has 302 valence electrons. The maximum absolute atomic E-state index is 14.1. The van der Waals surface area contributed by atoms with Crippen LogP contribution in [-0.4, -0.2) is 97.2 Å². The molecule has 3 rings (SSSR count). The van der Waals surface area contributed by atoms with Crippen LogP contribution >= 0.6 is 11.3 Å². The van der Waals surface area contributed by atoms with Crippen molar-refractivity contribution >= 4 is 62.8 Å². The third-order valence-electron chi connectivity index (χ3n) is 8.27. The Balaban J connectivity index is 1.89. The van der Waals surface area contributed by atoms with Crippen LogP contribution in [0.25, 0.3) is 10.2 Å². The normalized spacial score (nSPS) is 13.3. The number of carbonyl (C=O) groups excluding carboxylic acids is 6. The number of para-hydroxylation sites is 1. The first-order chi connectivity index (χ1) is 26.8. The summed E-state index contributed by atoms with van der Waals surface area (Å²) in [6, 6.07) is 11.6. The molecule has 0 saturated heterocycles. The molecule has 0 radical (unpaired) electrons. The van der Waals surface area contributed by atoms with Gasteiger partial charge in [0, 0.05) is 33.5 Å². The van der Waals surface area contributed by atoms with E-state index in [0.29, 0.717) is 18.5 Å². The van der Waals surface area contributed by atoms with E-state index in [4.69, 9.17) is 16.2 Å². The van der Waals surface area contributed by atoms with E-state index in [9.17, 15) is 28.8 Å². The number of methoxy groups -OCH3 is 1. The lowest BCUT2D eigenvalue weighted by Gasteiger charge is -2.27. The van der Waals surface area contributed by atoms with Crippen LogP contribution in [0.3, 0.4) is 0 Å². The van der Waals surface area contributed by atoms with E-state index in [-0.39, 0.29) is 49.2 Å². The molecule has 0 aliphatic rings. The Kier molecular flexibility index (Phi) is 18.6. The topological polar surface area (TPSA) is 249 Å². The van der Waals surface area contributed by atoms with E-state index in [2.05, 4.69) is 36.6 Å². The van der Waals surface area contributed by atoms with E-state index in [0.717, 1.165) is 10.3 Å². The van der Waals surface area contributed by atoms with Crippen LogP contribution in [0, 0.1) is 5.92 Å².